The van der Waals surface area contributed by atoms with Crippen LogP contribution in [-0.2, 0) is 9.53 Å². The molecule has 0 amide bonds. The lowest BCUT2D eigenvalue weighted by atomic mass is 9.96. The van der Waals surface area contributed by atoms with Crippen LogP contribution >= 0.6 is 56.5 Å². The van der Waals surface area contributed by atoms with Gasteiger partial charge in [-0.1, -0.05) is 36.1 Å². The molecule has 1 aliphatic heterocycles. The van der Waals surface area contributed by atoms with Gasteiger partial charge in [0.05, 0.1) is 32.0 Å². The first-order chi connectivity index (χ1) is 17.2. The molecule has 1 atom stereocenters. The van der Waals surface area contributed by atoms with Crippen molar-refractivity contribution in [1.82, 2.24) is 4.57 Å². The van der Waals surface area contributed by atoms with E-state index in [9.17, 15) is 14.0 Å². The minimum atomic E-state index is -0.796. The number of benzene rings is 2. The van der Waals surface area contributed by atoms with Crippen LogP contribution in [0.25, 0.3) is 6.08 Å². The predicted octanol–water partition coefficient (Wildman–Crippen LogP) is 4.71. The summed E-state index contributed by atoms with van der Waals surface area (Å²) >= 11 is 5.64. The summed E-state index contributed by atoms with van der Waals surface area (Å²) in [4.78, 5) is 31.7. The van der Waals surface area contributed by atoms with Gasteiger partial charge >= 0.3 is 5.97 Å². The Labute approximate surface area is 238 Å². The molecule has 2 heterocycles. The van der Waals surface area contributed by atoms with E-state index in [4.69, 9.17) is 9.47 Å². The van der Waals surface area contributed by atoms with Crippen LogP contribution in [0.15, 0.2) is 70.1 Å². The molecule has 0 saturated carbocycles. The van der Waals surface area contributed by atoms with E-state index >= 15 is 0 Å². The highest BCUT2D eigenvalue weighted by Gasteiger charge is 2.33. The maximum atomic E-state index is 13.8. The molecular weight excluding hydrogens is 709 g/mol. The van der Waals surface area contributed by atoms with Crippen LogP contribution < -0.4 is 19.6 Å². The number of ether oxygens (including phenoxy) is 2. The zero-order valence-electron chi connectivity index (χ0n) is 19.4. The fourth-order valence-electron chi connectivity index (χ4n) is 3.88. The molecule has 1 aliphatic rings. The quantitative estimate of drug-likeness (QED) is 0.201. The van der Waals surface area contributed by atoms with E-state index in [1.807, 2.05) is 12.1 Å². The Kier molecular flexibility index (Phi) is 8.45. The number of esters is 1. The number of carbonyl (C=O) groups is 1. The van der Waals surface area contributed by atoms with Crippen molar-refractivity contribution in [2.45, 2.75) is 19.9 Å². The van der Waals surface area contributed by atoms with Gasteiger partial charge in [-0.3, -0.25) is 9.36 Å². The number of hydrogen-bond acceptors (Lipinski definition) is 6. The Balaban J connectivity index is 1.96. The number of rotatable bonds is 7. The molecule has 10 heteroatoms. The van der Waals surface area contributed by atoms with E-state index < -0.39 is 17.8 Å². The molecule has 6 nitrogen and oxygen atoms in total. The second-order valence-corrected chi connectivity index (χ2v) is 11.2. The van der Waals surface area contributed by atoms with Crippen molar-refractivity contribution in [2.24, 2.45) is 4.99 Å². The summed E-state index contributed by atoms with van der Waals surface area (Å²) in [6, 6.07) is 8.88. The van der Waals surface area contributed by atoms with Crippen molar-refractivity contribution in [3.8, 4) is 5.75 Å². The minimum Gasteiger partial charge on any atom is -0.488 e. The predicted molar refractivity (Wildman–Crippen MR) is 154 cm³/mol. The Bertz CT molecular complexity index is 1560. The number of aromatic nitrogens is 1. The molecule has 2 aromatic carbocycles. The molecule has 3 aromatic rings. The van der Waals surface area contributed by atoms with Crippen LogP contribution in [0.2, 0.25) is 0 Å². The molecule has 0 bridgehead atoms. The molecule has 1 aromatic heterocycles. The Morgan fingerprint density at radius 1 is 1.28 bits per heavy atom. The van der Waals surface area contributed by atoms with Crippen LogP contribution in [-0.4, -0.2) is 23.8 Å². The standard InChI is InChI=1S/C26H21FI2N2O4S/c1-4-10-35-23-16(11-18(28)13-19(23)29)12-20-24(32)31-22(15-6-8-17(27)9-7-15)21(25(33)34-5-2)14(3)30-26(31)36-20/h4,6-9,11-13,22H,1,5,10H2,2-3H3/b20-12-/t22-/m1/s1. The highest BCUT2D eigenvalue weighted by atomic mass is 127. The average molecular weight is 730 g/mol. The smallest absolute Gasteiger partial charge is 0.338 e. The number of halogens is 3. The second kappa shape index (κ2) is 11.4. The normalized spacial score (nSPS) is 15.4. The lowest BCUT2D eigenvalue weighted by molar-refractivity contribution is -0.139. The molecule has 0 radical (unpaired) electrons. The summed E-state index contributed by atoms with van der Waals surface area (Å²) in [6.07, 6.45) is 3.44. The Morgan fingerprint density at radius 2 is 2.00 bits per heavy atom. The summed E-state index contributed by atoms with van der Waals surface area (Å²) in [5.74, 6) is -0.320. The lowest BCUT2D eigenvalue weighted by Gasteiger charge is -2.24. The van der Waals surface area contributed by atoms with Gasteiger partial charge < -0.3 is 9.47 Å². The Morgan fingerprint density at radius 3 is 2.67 bits per heavy atom. The molecule has 0 N–H and O–H groups in total. The molecular formula is C26H21FI2N2O4S. The number of allylic oxidation sites excluding steroid dienone is 1. The second-order valence-electron chi connectivity index (χ2n) is 7.76. The minimum absolute atomic E-state index is 0.176. The summed E-state index contributed by atoms with van der Waals surface area (Å²) in [7, 11) is 0. The van der Waals surface area contributed by atoms with Crippen molar-refractivity contribution in [3.63, 3.8) is 0 Å². The van der Waals surface area contributed by atoms with Gasteiger partial charge in [-0.2, -0.15) is 0 Å². The van der Waals surface area contributed by atoms with E-state index in [1.165, 1.54) is 28.0 Å². The maximum Gasteiger partial charge on any atom is 0.338 e. The SMILES string of the molecule is C=CCOc1c(I)cc(I)cc1/C=c1\sc2n(c1=O)[C@H](c1ccc(F)cc1)C(C(=O)OCC)=C(C)N=2. The van der Waals surface area contributed by atoms with Crippen molar-refractivity contribution < 1.29 is 18.7 Å². The topological polar surface area (TPSA) is 69.9 Å². The number of carbonyl (C=O) groups excluding carboxylic acids is 1. The molecule has 0 saturated heterocycles. The van der Waals surface area contributed by atoms with Gasteiger partial charge in [-0.25, -0.2) is 14.2 Å². The third-order valence-electron chi connectivity index (χ3n) is 5.37. The van der Waals surface area contributed by atoms with Gasteiger partial charge in [0.1, 0.15) is 18.2 Å². The van der Waals surface area contributed by atoms with Crippen LogP contribution in [0, 0.1) is 13.0 Å². The van der Waals surface area contributed by atoms with E-state index in [0.717, 1.165) is 12.7 Å². The van der Waals surface area contributed by atoms with Crippen LogP contribution in [0.5, 0.6) is 5.75 Å². The monoisotopic (exact) mass is 730 g/mol. The number of thiazole rings is 1. The zero-order valence-corrected chi connectivity index (χ0v) is 24.5. The highest BCUT2D eigenvalue weighted by Crippen LogP contribution is 2.31. The summed E-state index contributed by atoms with van der Waals surface area (Å²) in [5, 5.41) is 0. The molecule has 4 rings (SSSR count). The van der Waals surface area contributed by atoms with Crippen LogP contribution in [0.1, 0.15) is 31.0 Å². The third-order valence-corrected chi connectivity index (χ3v) is 7.78. The summed E-state index contributed by atoms with van der Waals surface area (Å²) < 4.78 is 28.7. The molecule has 0 aliphatic carbocycles. The van der Waals surface area contributed by atoms with Crippen molar-refractivity contribution >= 4 is 68.6 Å². The van der Waals surface area contributed by atoms with Crippen LogP contribution in [0.3, 0.4) is 0 Å². The van der Waals surface area contributed by atoms with Crippen LogP contribution in [0.4, 0.5) is 4.39 Å². The molecule has 0 spiro atoms. The average Bonchev–Trinajstić information content (AvgIpc) is 3.12. The molecule has 186 valence electrons. The fourth-order valence-corrected chi connectivity index (χ4v) is 6.96. The fraction of sp³-hybridized carbons (Fsp3) is 0.192. The third kappa shape index (κ3) is 5.35. The maximum absolute atomic E-state index is 13.8. The number of hydrogen-bond donors (Lipinski definition) is 0. The van der Waals surface area contributed by atoms with Gasteiger partial charge in [0.2, 0.25) is 0 Å². The first kappa shape index (κ1) is 26.7. The van der Waals surface area contributed by atoms with E-state index in [-0.39, 0.29) is 17.7 Å². The zero-order chi connectivity index (χ0) is 26.0. The largest absolute Gasteiger partial charge is 0.488 e. The van der Waals surface area contributed by atoms with Gasteiger partial charge in [0.15, 0.2) is 4.80 Å². The summed E-state index contributed by atoms with van der Waals surface area (Å²) in [5.41, 5.74) is 1.72. The van der Waals surface area contributed by atoms with Crippen molar-refractivity contribution in [2.75, 3.05) is 13.2 Å². The number of nitrogens with zero attached hydrogens (tertiary/aromatic N) is 2. The van der Waals surface area contributed by atoms with Crippen molar-refractivity contribution in [1.29, 1.82) is 0 Å². The van der Waals surface area contributed by atoms with Gasteiger partial charge in [-0.15, -0.1) is 0 Å². The van der Waals surface area contributed by atoms with E-state index in [0.29, 0.717) is 33.0 Å². The molecule has 36 heavy (non-hydrogen) atoms. The lowest BCUT2D eigenvalue weighted by Crippen LogP contribution is -2.39. The molecule has 0 fully saturated rings. The number of fused-ring (bicyclic) bond motifs is 1. The van der Waals surface area contributed by atoms with Gasteiger partial charge in [-0.05, 0) is 94.9 Å². The van der Waals surface area contributed by atoms with Crippen molar-refractivity contribution in [3.05, 3.63) is 104 Å². The molecule has 0 unspecified atom stereocenters. The van der Waals surface area contributed by atoms with Gasteiger partial charge in [0, 0.05) is 9.13 Å². The highest BCUT2D eigenvalue weighted by molar-refractivity contribution is 14.1. The first-order valence-corrected chi connectivity index (χ1v) is 13.9. The van der Waals surface area contributed by atoms with Gasteiger partial charge in [0.25, 0.3) is 5.56 Å². The first-order valence-electron chi connectivity index (χ1n) is 10.9. The summed E-state index contributed by atoms with van der Waals surface area (Å²) in [6.45, 7) is 7.63. The van der Waals surface area contributed by atoms with E-state index in [1.54, 1.807) is 38.1 Å². The Hall–Kier alpha value is -2.32. The van der Waals surface area contributed by atoms with E-state index in [2.05, 4.69) is 56.8 Å².